The number of nitrogens with one attached hydrogen (secondary N) is 2. The number of amides is 1. The topological polar surface area (TPSA) is 102 Å². The lowest BCUT2D eigenvalue weighted by Gasteiger charge is -2.26. The summed E-state index contributed by atoms with van der Waals surface area (Å²) in [5.74, 6) is 0.511. The number of fused-ring (bicyclic) bond motifs is 2. The van der Waals surface area contributed by atoms with E-state index in [1.54, 1.807) is 4.52 Å². The summed E-state index contributed by atoms with van der Waals surface area (Å²) in [7, 11) is 0. The minimum absolute atomic E-state index is 0.124. The Bertz CT molecular complexity index is 1640. The average Bonchev–Trinajstić information content (AvgIpc) is 3.52. The number of anilines is 2. The summed E-state index contributed by atoms with van der Waals surface area (Å²) in [4.78, 5) is 20.2. The van der Waals surface area contributed by atoms with Gasteiger partial charge in [-0.1, -0.05) is 37.3 Å². The van der Waals surface area contributed by atoms with Gasteiger partial charge in [0.15, 0.2) is 5.82 Å². The fourth-order valence-corrected chi connectivity index (χ4v) is 5.90. The molecule has 10 nitrogen and oxygen atoms in total. The van der Waals surface area contributed by atoms with Crippen LogP contribution in [0.25, 0.3) is 16.4 Å². The van der Waals surface area contributed by atoms with Crippen LogP contribution in [0.1, 0.15) is 28.4 Å². The fourth-order valence-electron chi connectivity index (χ4n) is 5.21. The minimum Gasteiger partial charge on any atom is -0.379 e. The van der Waals surface area contributed by atoms with Crippen molar-refractivity contribution in [3.05, 3.63) is 82.3 Å². The van der Waals surface area contributed by atoms with Gasteiger partial charge in [0, 0.05) is 37.3 Å². The lowest BCUT2D eigenvalue weighted by atomic mass is 10.1. The van der Waals surface area contributed by atoms with Crippen LogP contribution in [0.4, 0.5) is 11.5 Å². The van der Waals surface area contributed by atoms with Gasteiger partial charge in [-0.25, -0.2) is 9.50 Å². The monoisotopic (exact) mass is 602 g/mol. The number of carbonyl (C=O) groups is 1. The van der Waals surface area contributed by atoms with Crippen LogP contribution in [0, 0.1) is 0 Å². The van der Waals surface area contributed by atoms with Crippen LogP contribution < -0.4 is 10.6 Å². The quantitative estimate of drug-likeness (QED) is 0.260. The number of hydrogen-bond acceptors (Lipinski definition) is 7. The summed E-state index contributed by atoms with van der Waals surface area (Å²) < 4.78 is 9.77. The number of morpholine rings is 1. The Kier molecular flexibility index (Phi) is 7.76. The predicted octanol–water partition coefficient (Wildman–Crippen LogP) is 4.26. The van der Waals surface area contributed by atoms with Crippen LogP contribution in [0.15, 0.2) is 65.7 Å². The molecule has 206 valence electrons. The van der Waals surface area contributed by atoms with Crippen molar-refractivity contribution >= 4 is 49.8 Å². The van der Waals surface area contributed by atoms with Gasteiger partial charge >= 0.3 is 0 Å². The Morgan fingerprint density at radius 2 is 1.93 bits per heavy atom. The van der Waals surface area contributed by atoms with E-state index >= 15 is 0 Å². The molecule has 0 aliphatic carbocycles. The normalized spacial score (nSPS) is 14.2. The zero-order valence-corrected chi connectivity index (χ0v) is 23.9. The molecule has 1 aliphatic rings. The van der Waals surface area contributed by atoms with Crippen LogP contribution in [0.2, 0.25) is 0 Å². The highest BCUT2D eigenvalue weighted by atomic mass is 79.9. The first-order valence-electron chi connectivity index (χ1n) is 13.5. The van der Waals surface area contributed by atoms with Crippen LogP contribution in [0.5, 0.6) is 0 Å². The largest absolute Gasteiger partial charge is 0.379 e. The summed E-state index contributed by atoms with van der Waals surface area (Å²) in [5, 5.41) is 16.6. The molecule has 6 rings (SSSR count). The minimum atomic E-state index is -0.124. The standard InChI is InChI=1S/C29H31BrN8O2/c1-2-23-25(29(39)31-10-11-36-12-14-40-15-13-36)27(30)38-26(23)28(32-19-34-38)35-22-8-9-24-21(16-22)17-33-37(24)18-20-6-4-3-5-7-20/h3-9,16-17,19H,2,10-15,18H2,1H3,(H,31,39)(H,32,34,35). The maximum absolute atomic E-state index is 13.3. The summed E-state index contributed by atoms with van der Waals surface area (Å²) >= 11 is 3.64. The Morgan fingerprint density at radius 1 is 1.10 bits per heavy atom. The molecule has 1 amide bonds. The van der Waals surface area contributed by atoms with Crippen molar-refractivity contribution in [2.24, 2.45) is 0 Å². The second kappa shape index (κ2) is 11.7. The van der Waals surface area contributed by atoms with Gasteiger partial charge < -0.3 is 15.4 Å². The van der Waals surface area contributed by atoms with Gasteiger partial charge in [-0.05, 0) is 51.7 Å². The van der Waals surface area contributed by atoms with Crippen molar-refractivity contribution in [3.8, 4) is 0 Å². The SMILES string of the molecule is CCc1c(C(=O)NCCN2CCOCC2)c(Br)n2ncnc(Nc3ccc4c(cnn4Cc4ccccc4)c3)c12. The van der Waals surface area contributed by atoms with Crippen LogP contribution in [-0.2, 0) is 17.7 Å². The van der Waals surface area contributed by atoms with E-state index in [4.69, 9.17) is 4.74 Å². The number of rotatable bonds is 9. The molecule has 0 radical (unpaired) electrons. The van der Waals surface area contributed by atoms with Crippen molar-refractivity contribution in [2.45, 2.75) is 19.9 Å². The van der Waals surface area contributed by atoms with Gasteiger partial charge in [-0.15, -0.1) is 0 Å². The molecule has 2 N–H and O–H groups in total. The zero-order chi connectivity index (χ0) is 27.5. The van der Waals surface area contributed by atoms with Crippen LogP contribution in [0.3, 0.4) is 0 Å². The highest BCUT2D eigenvalue weighted by Crippen LogP contribution is 2.33. The number of carbonyl (C=O) groups excluding carboxylic acids is 1. The molecular weight excluding hydrogens is 572 g/mol. The highest BCUT2D eigenvalue weighted by Gasteiger charge is 2.25. The molecule has 3 aromatic heterocycles. The summed E-state index contributed by atoms with van der Waals surface area (Å²) in [5.41, 5.74) is 5.38. The van der Waals surface area contributed by atoms with Crippen molar-refractivity contribution in [1.29, 1.82) is 0 Å². The third-order valence-corrected chi connectivity index (χ3v) is 7.98. The molecule has 0 atom stereocenters. The Balaban J connectivity index is 1.24. The second-order valence-corrected chi connectivity index (χ2v) is 10.5. The predicted molar refractivity (Wildman–Crippen MR) is 158 cm³/mol. The first kappa shape index (κ1) is 26.4. The molecule has 0 saturated carbocycles. The van der Waals surface area contributed by atoms with Gasteiger partial charge in [0.2, 0.25) is 0 Å². The summed E-state index contributed by atoms with van der Waals surface area (Å²) in [6.07, 6.45) is 4.02. The van der Waals surface area contributed by atoms with Gasteiger partial charge in [-0.3, -0.25) is 14.4 Å². The van der Waals surface area contributed by atoms with Gasteiger partial charge in [-0.2, -0.15) is 10.2 Å². The number of halogens is 1. The molecule has 5 aromatic rings. The molecule has 1 fully saturated rings. The lowest BCUT2D eigenvalue weighted by Crippen LogP contribution is -2.41. The highest BCUT2D eigenvalue weighted by molar-refractivity contribution is 9.10. The molecule has 11 heteroatoms. The number of aryl methyl sites for hydroxylation is 1. The second-order valence-electron chi connectivity index (χ2n) is 9.76. The first-order chi connectivity index (χ1) is 19.6. The summed E-state index contributed by atoms with van der Waals surface area (Å²) in [6.45, 7) is 7.35. The van der Waals surface area contributed by atoms with Crippen molar-refractivity contribution in [2.75, 3.05) is 44.7 Å². The van der Waals surface area contributed by atoms with E-state index in [1.807, 2.05) is 42.1 Å². The number of ether oxygens (including phenoxy) is 1. The summed E-state index contributed by atoms with van der Waals surface area (Å²) in [6, 6.07) is 16.4. The smallest absolute Gasteiger partial charge is 0.254 e. The van der Waals surface area contributed by atoms with Crippen molar-refractivity contribution < 1.29 is 9.53 Å². The van der Waals surface area contributed by atoms with Gasteiger partial charge in [0.25, 0.3) is 5.91 Å². The van der Waals surface area contributed by atoms with E-state index < -0.39 is 0 Å². The molecule has 1 saturated heterocycles. The molecule has 0 bridgehead atoms. The molecule has 0 unspecified atom stereocenters. The number of nitrogens with zero attached hydrogens (tertiary/aromatic N) is 6. The molecule has 0 spiro atoms. The first-order valence-corrected chi connectivity index (χ1v) is 14.3. The van der Waals surface area contributed by atoms with Gasteiger partial charge in [0.05, 0.1) is 37.0 Å². The van der Waals surface area contributed by atoms with E-state index in [1.165, 1.54) is 11.9 Å². The molecule has 40 heavy (non-hydrogen) atoms. The van der Waals surface area contributed by atoms with E-state index in [-0.39, 0.29) is 5.91 Å². The Morgan fingerprint density at radius 3 is 2.73 bits per heavy atom. The van der Waals surface area contributed by atoms with E-state index in [0.717, 1.165) is 60.5 Å². The number of hydrogen-bond donors (Lipinski definition) is 2. The third-order valence-electron chi connectivity index (χ3n) is 7.25. The lowest BCUT2D eigenvalue weighted by molar-refractivity contribution is 0.0383. The van der Waals surface area contributed by atoms with Crippen LogP contribution >= 0.6 is 15.9 Å². The van der Waals surface area contributed by atoms with E-state index in [9.17, 15) is 4.79 Å². The molecular formula is C29H31BrN8O2. The third kappa shape index (κ3) is 5.32. The number of aromatic nitrogens is 5. The van der Waals surface area contributed by atoms with Crippen LogP contribution in [-0.4, -0.2) is 74.6 Å². The average molecular weight is 604 g/mol. The molecule has 1 aliphatic heterocycles. The maximum atomic E-state index is 13.3. The van der Waals surface area contributed by atoms with Crippen molar-refractivity contribution in [3.63, 3.8) is 0 Å². The zero-order valence-electron chi connectivity index (χ0n) is 22.3. The Labute approximate surface area is 240 Å². The van der Waals surface area contributed by atoms with Gasteiger partial charge in [0.1, 0.15) is 16.4 Å². The Hall–Kier alpha value is -3.80. The van der Waals surface area contributed by atoms with Crippen molar-refractivity contribution in [1.82, 2.24) is 34.6 Å². The molecule has 4 heterocycles. The van der Waals surface area contributed by atoms with E-state index in [0.29, 0.717) is 35.5 Å². The van der Waals surface area contributed by atoms with E-state index in [2.05, 4.69) is 70.9 Å². The fraction of sp³-hybridized carbons (Fsp3) is 0.310. The number of benzene rings is 2. The maximum Gasteiger partial charge on any atom is 0.254 e. The molecule has 2 aromatic carbocycles.